The Morgan fingerprint density at radius 2 is 1.71 bits per heavy atom. The fourth-order valence-electron chi connectivity index (χ4n) is 3.39. The normalized spacial score (nSPS) is 11.0. The van der Waals surface area contributed by atoms with Crippen LogP contribution >= 0.6 is 0 Å². The number of rotatable bonds is 8. The predicted octanol–water partition coefficient (Wildman–Crippen LogP) is 5.11. The lowest BCUT2D eigenvalue weighted by Gasteiger charge is -2.19. The Morgan fingerprint density at radius 1 is 0.929 bits per heavy atom. The Kier molecular flexibility index (Phi) is 5.69. The molecular formula is C24H25N3O. The number of hydrogen-bond acceptors (Lipinski definition) is 4. The van der Waals surface area contributed by atoms with E-state index in [0.717, 1.165) is 36.2 Å². The topological polar surface area (TPSA) is 41.3 Å². The van der Waals surface area contributed by atoms with E-state index in [1.54, 1.807) is 6.26 Å². The van der Waals surface area contributed by atoms with Crippen molar-refractivity contribution in [2.24, 2.45) is 0 Å². The maximum absolute atomic E-state index is 5.75. The second kappa shape index (κ2) is 8.72. The first kappa shape index (κ1) is 18.3. The fourth-order valence-corrected chi connectivity index (χ4v) is 3.39. The van der Waals surface area contributed by atoms with E-state index in [4.69, 9.17) is 4.42 Å². The number of hydrogen-bond donors (Lipinski definition) is 1. The summed E-state index contributed by atoms with van der Waals surface area (Å²) in [4.78, 5) is 6.95. The molecule has 0 saturated carbocycles. The van der Waals surface area contributed by atoms with Crippen LogP contribution in [0.1, 0.15) is 12.1 Å². The van der Waals surface area contributed by atoms with Crippen molar-refractivity contribution in [1.29, 1.82) is 0 Å². The first-order valence-corrected chi connectivity index (χ1v) is 9.71. The SMILES string of the molecule is CN(CCCNCc1coc(-c2cccc3ccccc23)n1)c1ccccc1. The zero-order chi connectivity index (χ0) is 19.2. The molecule has 0 amide bonds. The van der Waals surface area contributed by atoms with Gasteiger partial charge in [0.2, 0.25) is 5.89 Å². The first-order valence-electron chi connectivity index (χ1n) is 9.71. The molecule has 1 N–H and O–H groups in total. The van der Waals surface area contributed by atoms with E-state index in [1.165, 1.54) is 11.1 Å². The van der Waals surface area contributed by atoms with Crippen molar-refractivity contribution in [3.05, 3.63) is 84.8 Å². The molecule has 0 aliphatic carbocycles. The smallest absolute Gasteiger partial charge is 0.226 e. The third kappa shape index (κ3) is 4.24. The van der Waals surface area contributed by atoms with E-state index < -0.39 is 0 Å². The van der Waals surface area contributed by atoms with Gasteiger partial charge in [-0.2, -0.15) is 0 Å². The molecule has 3 aromatic carbocycles. The van der Waals surface area contributed by atoms with Crippen LogP contribution in [0.2, 0.25) is 0 Å². The Labute approximate surface area is 165 Å². The molecule has 0 bridgehead atoms. The van der Waals surface area contributed by atoms with Gasteiger partial charge in [0, 0.05) is 31.4 Å². The molecular weight excluding hydrogens is 346 g/mol. The summed E-state index contributed by atoms with van der Waals surface area (Å²) in [5.41, 5.74) is 3.21. The summed E-state index contributed by atoms with van der Waals surface area (Å²) in [7, 11) is 2.13. The van der Waals surface area contributed by atoms with Crippen LogP contribution in [-0.2, 0) is 6.54 Å². The van der Waals surface area contributed by atoms with Crippen molar-refractivity contribution in [3.8, 4) is 11.5 Å². The molecule has 0 unspecified atom stereocenters. The van der Waals surface area contributed by atoms with Gasteiger partial charge in [-0.25, -0.2) is 4.98 Å². The minimum absolute atomic E-state index is 0.678. The number of nitrogens with zero attached hydrogens (tertiary/aromatic N) is 2. The van der Waals surface area contributed by atoms with Crippen LogP contribution in [-0.4, -0.2) is 25.1 Å². The van der Waals surface area contributed by atoms with Gasteiger partial charge in [0.25, 0.3) is 0 Å². The molecule has 1 aromatic heterocycles. The van der Waals surface area contributed by atoms with Crippen LogP contribution in [0, 0.1) is 0 Å². The fraction of sp³-hybridized carbons (Fsp3) is 0.208. The molecule has 4 heteroatoms. The number of para-hydroxylation sites is 1. The lowest BCUT2D eigenvalue weighted by Crippen LogP contribution is -2.23. The molecule has 4 rings (SSSR count). The molecule has 0 atom stereocenters. The van der Waals surface area contributed by atoms with Crippen molar-refractivity contribution in [2.75, 3.05) is 25.0 Å². The summed E-state index contributed by atoms with van der Waals surface area (Å²) in [6, 6.07) is 25.0. The number of aromatic nitrogens is 1. The number of benzene rings is 3. The van der Waals surface area contributed by atoms with Gasteiger partial charge in [0.15, 0.2) is 0 Å². The minimum atomic E-state index is 0.678. The van der Waals surface area contributed by atoms with E-state index in [0.29, 0.717) is 12.4 Å². The molecule has 4 aromatic rings. The summed E-state index contributed by atoms with van der Waals surface area (Å²) >= 11 is 0. The van der Waals surface area contributed by atoms with Crippen molar-refractivity contribution < 1.29 is 4.42 Å². The Morgan fingerprint density at radius 3 is 2.61 bits per heavy atom. The van der Waals surface area contributed by atoms with Gasteiger partial charge in [0.1, 0.15) is 6.26 Å². The van der Waals surface area contributed by atoms with Gasteiger partial charge in [0.05, 0.1) is 5.69 Å². The van der Waals surface area contributed by atoms with Gasteiger partial charge < -0.3 is 14.6 Å². The van der Waals surface area contributed by atoms with Gasteiger partial charge >= 0.3 is 0 Å². The highest BCUT2D eigenvalue weighted by molar-refractivity contribution is 5.94. The molecule has 0 fully saturated rings. The molecule has 142 valence electrons. The average Bonchev–Trinajstić information content (AvgIpc) is 3.22. The summed E-state index contributed by atoms with van der Waals surface area (Å²) in [5.74, 6) is 0.678. The van der Waals surface area contributed by atoms with E-state index >= 15 is 0 Å². The summed E-state index contributed by atoms with van der Waals surface area (Å²) < 4.78 is 5.75. The number of anilines is 1. The van der Waals surface area contributed by atoms with Crippen LogP contribution < -0.4 is 10.2 Å². The van der Waals surface area contributed by atoms with E-state index in [2.05, 4.69) is 70.8 Å². The van der Waals surface area contributed by atoms with Crippen LogP contribution in [0.5, 0.6) is 0 Å². The van der Waals surface area contributed by atoms with Gasteiger partial charge in [-0.05, 0) is 41.9 Å². The van der Waals surface area contributed by atoms with E-state index in [9.17, 15) is 0 Å². The minimum Gasteiger partial charge on any atom is -0.444 e. The molecule has 0 aliphatic heterocycles. The van der Waals surface area contributed by atoms with Crippen molar-refractivity contribution >= 4 is 16.5 Å². The summed E-state index contributed by atoms with van der Waals surface area (Å²) in [5, 5.41) is 5.82. The summed E-state index contributed by atoms with van der Waals surface area (Å²) in [6.07, 6.45) is 2.82. The van der Waals surface area contributed by atoms with Crippen molar-refractivity contribution in [3.63, 3.8) is 0 Å². The third-order valence-electron chi connectivity index (χ3n) is 4.92. The molecule has 28 heavy (non-hydrogen) atoms. The molecule has 0 spiro atoms. The highest BCUT2D eigenvalue weighted by Crippen LogP contribution is 2.27. The van der Waals surface area contributed by atoms with Gasteiger partial charge in [-0.1, -0.05) is 54.6 Å². The highest BCUT2D eigenvalue weighted by Gasteiger charge is 2.10. The van der Waals surface area contributed by atoms with Crippen LogP contribution in [0.25, 0.3) is 22.2 Å². The maximum atomic E-state index is 5.75. The standard InChI is InChI=1S/C24H25N3O/c1-27(21-11-3-2-4-12-21)16-8-15-25-17-20-18-28-24(26-20)23-14-7-10-19-9-5-6-13-22(19)23/h2-7,9-14,18,25H,8,15-17H2,1H3. The number of fused-ring (bicyclic) bond motifs is 1. The largest absolute Gasteiger partial charge is 0.444 e. The molecule has 4 nitrogen and oxygen atoms in total. The lowest BCUT2D eigenvalue weighted by molar-refractivity contribution is 0.569. The zero-order valence-electron chi connectivity index (χ0n) is 16.1. The Bertz CT molecular complexity index is 1020. The second-order valence-electron chi connectivity index (χ2n) is 6.96. The quantitative estimate of drug-likeness (QED) is 0.437. The van der Waals surface area contributed by atoms with Gasteiger partial charge in [-0.15, -0.1) is 0 Å². The molecule has 0 radical (unpaired) electrons. The van der Waals surface area contributed by atoms with Crippen molar-refractivity contribution in [1.82, 2.24) is 10.3 Å². The summed E-state index contributed by atoms with van der Waals surface area (Å²) in [6.45, 7) is 2.66. The second-order valence-corrected chi connectivity index (χ2v) is 6.96. The lowest BCUT2D eigenvalue weighted by atomic mass is 10.0. The first-order chi connectivity index (χ1) is 13.8. The van der Waals surface area contributed by atoms with E-state index in [-0.39, 0.29) is 0 Å². The third-order valence-corrected chi connectivity index (χ3v) is 4.92. The highest BCUT2D eigenvalue weighted by atomic mass is 16.3. The number of nitrogens with one attached hydrogen (secondary N) is 1. The predicted molar refractivity (Wildman–Crippen MR) is 115 cm³/mol. The van der Waals surface area contributed by atoms with E-state index in [1.807, 2.05) is 24.3 Å². The maximum Gasteiger partial charge on any atom is 0.226 e. The van der Waals surface area contributed by atoms with Gasteiger partial charge in [-0.3, -0.25) is 0 Å². The van der Waals surface area contributed by atoms with Crippen LogP contribution in [0.4, 0.5) is 5.69 Å². The average molecular weight is 371 g/mol. The zero-order valence-corrected chi connectivity index (χ0v) is 16.1. The van der Waals surface area contributed by atoms with Crippen LogP contribution in [0.3, 0.4) is 0 Å². The Hall–Kier alpha value is -3.11. The van der Waals surface area contributed by atoms with Crippen LogP contribution in [0.15, 0.2) is 83.5 Å². The molecule has 0 saturated heterocycles. The monoisotopic (exact) mass is 371 g/mol. The number of oxazole rings is 1. The molecule has 1 heterocycles. The molecule has 0 aliphatic rings. The Balaban J connectivity index is 1.29. The van der Waals surface area contributed by atoms with Crippen molar-refractivity contribution in [2.45, 2.75) is 13.0 Å².